The van der Waals surface area contributed by atoms with Crippen LogP contribution < -0.4 is 0 Å². The number of benzene rings is 1. The van der Waals surface area contributed by atoms with Gasteiger partial charge in [0, 0.05) is 0 Å². The standard InChI is InChI=1S/C9H10.C4H10/c1-8(2)9-6-4-3-5-7-9;1-3-4-2/h3-7H,1H2,2H3;3-4H2,1-2H3. The van der Waals surface area contributed by atoms with Crippen LogP contribution in [0.5, 0.6) is 0 Å². The molecular formula is C13H20. The van der Waals surface area contributed by atoms with Crippen molar-refractivity contribution in [3.63, 3.8) is 0 Å². The number of hydrogen-bond acceptors (Lipinski definition) is 0. The van der Waals surface area contributed by atoms with Gasteiger partial charge >= 0.3 is 0 Å². The highest BCUT2D eigenvalue weighted by Crippen LogP contribution is 2.08. The van der Waals surface area contributed by atoms with Gasteiger partial charge in [-0.2, -0.15) is 0 Å². The van der Waals surface area contributed by atoms with Gasteiger partial charge in [-0.1, -0.05) is 69.2 Å². The fourth-order valence-corrected chi connectivity index (χ4v) is 0.723. The molecule has 13 heavy (non-hydrogen) atoms. The highest BCUT2D eigenvalue weighted by atomic mass is 13.9. The van der Waals surface area contributed by atoms with Crippen LogP contribution in [0, 0.1) is 0 Å². The Morgan fingerprint density at radius 3 is 1.77 bits per heavy atom. The van der Waals surface area contributed by atoms with Crippen molar-refractivity contribution in [3.05, 3.63) is 42.5 Å². The maximum Gasteiger partial charge on any atom is -0.0233 e. The van der Waals surface area contributed by atoms with E-state index < -0.39 is 0 Å². The lowest BCUT2D eigenvalue weighted by atomic mass is 10.1. The van der Waals surface area contributed by atoms with E-state index in [9.17, 15) is 0 Å². The second kappa shape index (κ2) is 7.60. The van der Waals surface area contributed by atoms with Crippen molar-refractivity contribution in [1.29, 1.82) is 0 Å². The van der Waals surface area contributed by atoms with Gasteiger partial charge in [0.25, 0.3) is 0 Å². The number of rotatable bonds is 2. The van der Waals surface area contributed by atoms with E-state index >= 15 is 0 Å². The molecule has 0 unspecified atom stereocenters. The van der Waals surface area contributed by atoms with Crippen molar-refractivity contribution < 1.29 is 0 Å². The minimum absolute atomic E-state index is 1.12. The Bertz CT molecular complexity index is 219. The summed E-state index contributed by atoms with van der Waals surface area (Å²) < 4.78 is 0. The fraction of sp³-hybridized carbons (Fsp3) is 0.385. The largest absolute Gasteiger partial charge is 0.0955 e. The first kappa shape index (κ1) is 12.0. The Hall–Kier alpha value is -1.04. The SMILES string of the molecule is C=C(C)c1ccccc1.CCCC. The van der Waals surface area contributed by atoms with Crippen LogP contribution in [0.25, 0.3) is 5.57 Å². The van der Waals surface area contributed by atoms with Crippen LogP contribution in [0.15, 0.2) is 36.9 Å². The topological polar surface area (TPSA) is 0 Å². The maximum atomic E-state index is 3.83. The molecule has 1 aromatic rings. The lowest BCUT2D eigenvalue weighted by Crippen LogP contribution is -1.72. The molecule has 0 saturated heterocycles. The first-order valence-electron chi connectivity index (χ1n) is 4.93. The lowest BCUT2D eigenvalue weighted by molar-refractivity contribution is 0.886. The molecule has 0 amide bonds. The van der Waals surface area contributed by atoms with E-state index in [0.717, 1.165) is 5.57 Å². The zero-order valence-electron chi connectivity index (χ0n) is 9.01. The van der Waals surface area contributed by atoms with E-state index in [4.69, 9.17) is 0 Å². The number of hydrogen-bond donors (Lipinski definition) is 0. The van der Waals surface area contributed by atoms with Gasteiger partial charge in [0.2, 0.25) is 0 Å². The molecule has 0 N–H and O–H groups in total. The Morgan fingerprint density at radius 2 is 1.54 bits per heavy atom. The summed E-state index contributed by atoms with van der Waals surface area (Å²) in [4.78, 5) is 0. The summed E-state index contributed by atoms with van der Waals surface area (Å²) in [6.45, 7) is 10.2. The normalized spacial score (nSPS) is 8.54. The third kappa shape index (κ3) is 6.15. The average molecular weight is 176 g/mol. The van der Waals surface area contributed by atoms with Gasteiger partial charge < -0.3 is 0 Å². The van der Waals surface area contributed by atoms with Crippen molar-refractivity contribution >= 4 is 5.57 Å². The maximum absolute atomic E-state index is 3.83. The molecule has 0 aliphatic carbocycles. The molecular weight excluding hydrogens is 156 g/mol. The van der Waals surface area contributed by atoms with E-state index in [1.165, 1.54) is 18.4 Å². The Labute approximate surface area is 82.3 Å². The summed E-state index contributed by atoms with van der Waals surface area (Å²) in [6.07, 6.45) is 2.64. The molecule has 0 radical (unpaired) electrons. The first-order valence-corrected chi connectivity index (χ1v) is 4.93. The van der Waals surface area contributed by atoms with Crippen molar-refractivity contribution in [2.45, 2.75) is 33.6 Å². The van der Waals surface area contributed by atoms with Crippen LogP contribution in [0.4, 0.5) is 0 Å². The second-order valence-electron chi connectivity index (χ2n) is 3.15. The molecule has 0 atom stereocenters. The molecule has 0 aliphatic heterocycles. The zero-order chi connectivity index (χ0) is 10.1. The van der Waals surface area contributed by atoms with Gasteiger partial charge in [-0.3, -0.25) is 0 Å². The number of unbranched alkanes of at least 4 members (excludes halogenated alkanes) is 1. The van der Waals surface area contributed by atoms with E-state index in [2.05, 4.69) is 32.6 Å². The van der Waals surface area contributed by atoms with Gasteiger partial charge in [-0.05, 0) is 12.5 Å². The minimum atomic E-state index is 1.12. The summed E-state index contributed by atoms with van der Waals surface area (Å²) in [5.74, 6) is 0. The zero-order valence-corrected chi connectivity index (χ0v) is 9.01. The van der Waals surface area contributed by atoms with E-state index in [1.54, 1.807) is 0 Å². The Morgan fingerprint density at radius 1 is 1.08 bits per heavy atom. The minimum Gasteiger partial charge on any atom is -0.0955 e. The van der Waals surface area contributed by atoms with E-state index in [0.29, 0.717) is 0 Å². The summed E-state index contributed by atoms with van der Waals surface area (Å²) in [5, 5.41) is 0. The lowest BCUT2D eigenvalue weighted by Gasteiger charge is -1.94. The highest BCUT2D eigenvalue weighted by molar-refractivity contribution is 5.60. The van der Waals surface area contributed by atoms with Gasteiger partial charge in [-0.25, -0.2) is 0 Å². The third-order valence-electron chi connectivity index (χ3n) is 1.77. The molecule has 0 fully saturated rings. The molecule has 0 bridgehead atoms. The summed E-state index contributed by atoms with van der Waals surface area (Å²) in [5.41, 5.74) is 2.34. The van der Waals surface area contributed by atoms with Crippen LogP contribution >= 0.6 is 0 Å². The van der Waals surface area contributed by atoms with E-state index in [1.807, 2.05) is 25.1 Å². The molecule has 0 aromatic heterocycles. The second-order valence-corrected chi connectivity index (χ2v) is 3.15. The average Bonchev–Trinajstić information content (AvgIpc) is 2.19. The molecule has 0 heterocycles. The first-order chi connectivity index (χ1) is 6.22. The van der Waals surface area contributed by atoms with Gasteiger partial charge in [-0.15, -0.1) is 0 Å². The third-order valence-corrected chi connectivity index (χ3v) is 1.77. The predicted octanol–water partition coefficient (Wildman–Crippen LogP) is 4.53. The summed E-state index contributed by atoms with van der Waals surface area (Å²) in [6, 6.07) is 10.2. The molecule has 72 valence electrons. The van der Waals surface area contributed by atoms with Crippen LogP contribution in [-0.2, 0) is 0 Å². The number of allylic oxidation sites excluding steroid dienone is 1. The van der Waals surface area contributed by atoms with Crippen molar-refractivity contribution in [1.82, 2.24) is 0 Å². The molecule has 1 rings (SSSR count). The molecule has 1 aromatic carbocycles. The summed E-state index contributed by atoms with van der Waals surface area (Å²) >= 11 is 0. The Balaban J connectivity index is 0.000000310. The molecule has 0 spiro atoms. The monoisotopic (exact) mass is 176 g/mol. The highest BCUT2D eigenvalue weighted by Gasteiger charge is 1.86. The summed E-state index contributed by atoms with van der Waals surface area (Å²) in [7, 11) is 0. The quantitative estimate of drug-likeness (QED) is 0.621. The van der Waals surface area contributed by atoms with Crippen molar-refractivity contribution in [2.24, 2.45) is 0 Å². The molecule has 0 saturated carbocycles. The smallest absolute Gasteiger partial charge is 0.0233 e. The van der Waals surface area contributed by atoms with Crippen molar-refractivity contribution in [2.75, 3.05) is 0 Å². The predicted molar refractivity (Wildman–Crippen MR) is 61.7 cm³/mol. The van der Waals surface area contributed by atoms with Gasteiger partial charge in [0.1, 0.15) is 0 Å². The van der Waals surface area contributed by atoms with E-state index in [-0.39, 0.29) is 0 Å². The molecule has 0 aliphatic rings. The van der Waals surface area contributed by atoms with Crippen LogP contribution in [0.1, 0.15) is 39.2 Å². The fourth-order valence-electron chi connectivity index (χ4n) is 0.723. The molecule has 0 nitrogen and oxygen atoms in total. The van der Waals surface area contributed by atoms with Crippen molar-refractivity contribution in [3.8, 4) is 0 Å². The van der Waals surface area contributed by atoms with Crippen LogP contribution in [0.3, 0.4) is 0 Å². The van der Waals surface area contributed by atoms with Crippen LogP contribution in [0.2, 0.25) is 0 Å². The molecule has 0 heteroatoms. The van der Waals surface area contributed by atoms with Gasteiger partial charge in [0.05, 0.1) is 0 Å². The Kier molecular flexibility index (Phi) is 6.99. The van der Waals surface area contributed by atoms with Gasteiger partial charge in [0.15, 0.2) is 0 Å². The van der Waals surface area contributed by atoms with Crippen LogP contribution in [-0.4, -0.2) is 0 Å².